The standard InChI is InChI=1S/C19H23N3O3/c1-6-11-25-16-9-7-15(12-17(16)24-5)8-10-18(23)20-19-13(2)21-22(4)14(19)3/h6-10,12H,1,11H2,2-5H3,(H,20,23)/b10-8+. The Kier molecular flexibility index (Phi) is 6.00. The average Bonchev–Trinajstić information content (AvgIpc) is 2.84. The van der Waals surface area contributed by atoms with E-state index in [0.717, 1.165) is 22.6 Å². The summed E-state index contributed by atoms with van der Waals surface area (Å²) in [5, 5.41) is 7.14. The highest BCUT2D eigenvalue weighted by Crippen LogP contribution is 2.28. The molecule has 1 aromatic heterocycles. The molecule has 0 aliphatic rings. The molecule has 6 heteroatoms. The smallest absolute Gasteiger partial charge is 0.248 e. The zero-order valence-corrected chi connectivity index (χ0v) is 15.0. The second-order valence-electron chi connectivity index (χ2n) is 5.50. The summed E-state index contributed by atoms with van der Waals surface area (Å²) in [7, 11) is 3.42. The first kappa shape index (κ1) is 18.3. The number of hydrogen-bond donors (Lipinski definition) is 1. The van der Waals surface area contributed by atoms with E-state index in [1.54, 1.807) is 30.0 Å². The fraction of sp³-hybridized carbons (Fsp3) is 0.263. The lowest BCUT2D eigenvalue weighted by atomic mass is 10.2. The van der Waals surface area contributed by atoms with E-state index in [-0.39, 0.29) is 5.91 Å². The van der Waals surface area contributed by atoms with Gasteiger partial charge in [0.05, 0.1) is 24.2 Å². The number of aryl methyl sites for hydroxylation is 2. The van der Waals surface area contributed by atoms with Crippen LogP contribution in [0.1, 0.15) is 17.0 Å². The van der Waals surface area contributed by atoms with Crippen LogP contribution < -0.4 is 14.8 Å². The summed E-state index contributed by atoms with van der Waals surface area (Å²) in [6, 6.07) is 5.46. The van der Waals surface area contributed by atoms with Crippen LogP contribution in [0.5, 0.6) is 11.5 Å². The molecule has 2 rings (SSSR count). The quantitative estimate of drug-likeness (QED) is 0.620. The van der Waals surface area contributed by atoms with Crippen LogP contribution in [0.15, 0.2) is 36.9 Å². The normalized spacial score (nSPS) is 10.7. The van der Waals surface area contributed by atoms with E-state index in [2.05, 4.69) is 17.0 Å². The fourth-order valence-electron chi connectivity index (χ4n) is 2.35. The van der Waals surface area contributed by atoms with E-state index in [0.29, 0.717) is 18.1 Å². The zero-order chi connectivity index (χ0) is 18.4. The van der Waals surface area contributed by atoms with Gasteiger partial charge in [0, 0.05) is 13.1 Å². The Hall–Kier alpha value is -3.02. The van der Waals surface area contributed by atoms with E-state index in [1.165, 1.54) is 6.08 Å². The molecule has 0 bridgehead atoms. The van der Waals surface area contributed by atoms with Gasteiger partial charge >= 0.3 is 0 Å². The number of carbonyl (C=O) groups is 1. The first-order valence-electron chi connectivity index (χ1n) is 7.87. The summed E-state index contributed by atoms with van der Waals surface area (Å²) in [5.41, 5.74) is 3.26. The van der Waals surface area contributed by atoms with Gasteiger partial charge in [-0.15, -0.1) is 0 Å². The van der Waals surface area contributed by atoms with Crippen molar-refractivity contribution in [1.29, 1.82) is 0 Å². The number of rotatable bonds is 7. The second-order valence-corrected chi connectivity index (χ2v) is 5.50. The minimum Gasteiger partial charge on any atom is -0.493 e. The minimum absolute atomic E-state index is 0.217. The zero-order valence-electron chi connectivity index (χ0n) is 15.0. The lowest BCUT2D eigenvalue weighted by molar-refractivity contribution is -0.111. The highest BCUT2D eigenvalue weighted by atomic mass is 16.5. The molecule has 0 saturated heterocycles. The van der Waals surface area contributed by atoms with Crippen molar-refractivity contribution in [1.82, 2.24) is 9.78 Å². The summed E-state index contributed by atoms with van der Waals surface area (Å²) < 4.78 is 12.6. The summed E-state index contributed by atoms with van der Waals surface area (Å²) in [6.45, 7) is 7.79. The van der Waals surface area contributed by atoms with Gasteiger partial charge in [-0.05, 0) is 37.6 Å². The maximum Gasteiger partial charge on any atom is 0.248 e. The molecule has 6 nitrogen and oxygen atoms in total. The molecule has 0 fully saturated rings. The predicted molar refractivity (Wildman–Crippen MR) is 99.0 cm³/mol. The maximum atomic E-state index is 12.2. The number of ether oxygens (including phenoxy) is 2. The molecular formula is C19H23N3O3. The fourth-order valence-corrected chi connectivity index (χ4v) is 2.35. The van der Waals surface area contributed by atoms with E-state index in [1.807, 2.05) is 33.0 Å². The topological polar surface area (TPSA) is 65.4 Å². The SMILES string of the molecule is C=CCOc1ccc(/C=C/C(=O)Nc2c(C)nn(C)c2C)cc1OC. The Morgan fingerprint density at radius 2 is 2.12 bits per heavy atom. The van der Waals surface area contributed by atoms with Gasteiger partial charge in [0.15, 0.2) is 11.5 Å². The number of nitrogens with zero attached hydrogens (tertiary/aromatic N) is 2. The summed E-state index contributed by atoms with van der Waals surface area (Å²) in [5.74, 6) is 1.01. The highest BCUT2D eigenvalue weighted by molar-refractivity contribution is 6.02. The van der Waals surface area contributed by atoms with E-state index in [9.17, 15) is 4.79 Å². The number of benzene rings is 1. The molecule has 0 aliphatic carbocycles. The van der Waals surface area contributed by atoms with E-state index in [4.69, 9.17) is 9.47 Å². The van der Waals surface area contributed by atoms with Gasteiger partial charge in [-0.2, -0.15) is 5.10 Å². The third-order valence-electron chi connectivity index (χ3n) is 3.73. The molecule has 0 atom stereocenters. The second kappa shape index (κ2) is 8.19. The number of aromatic nitrogens is 2. The van der Waals surface area contributed by atoms with Crippen molar-refractivity contribution in [3.63, 3.8) is 0 Å². The molecule has 1 amide bonds. The van der Waals surface area contributed by atoms with Gasteiger partial charge in [-0.1, -0.05) is 18.7 Å². The number of hydrogen-bond acceptors (Lipinski definition) is 4. The lowest BCUT2D eigenvalue weighted by Gasteiger charge is -2.09. The molecule has 1 aromatic carbocycles. The van der Waals surface area contributed by atoms with Crippen LogP contribution in [-0.2, 0) is 11.8 Å². The summed E-state index contributed by atoms with van der Waals surface area (Å²) in [6.07, 6.45) is 4.86. The Bertz CT molecular complexity index is 806. The molecule has 1 N–H and O–H groups in total. The largest absolute Gasteiger partial charge is 0.493 e. The first-order chi connectivity index (χ1) is 12.0. The molecule has 2 aromatic rings. The molecule has 1 heterocycles. The third kappa shape index (κ3) is 4.50. The number of methoxy groups -OCH3 is 1. The molecule has 0 saturated carbocycles. The average molecular weight is 341 g/mol. The van der Waals surface area contributed by atoms with Gasteiger partial charge in [-0.3, -0.25) is 9.48 Å². The van der Waals surface area contributed by atoms with Gasteiger partial charge in [0.25, 0.3) is 0 Å². The van der Waals surface area contributed by atoms with Crippen LogP contribution in [0, 0.1) is 13.8 Å². The third-order valence-corrected chi connectivity index (χ3v) is 3.73. The summed E-state index contributed by atoms with van der Waals surface area (Å²) >= 11 is 0. The molecule has 0 spiro atoms. The Balaban J connectivity index is 2.10. The first-order valence-corrected chi connectivity index (χ1v) is 7.87. The number of nitrogens with one attached hydrogen (secondary N) is 1. The van der Waals surface area contributed by atoms with Crippen molar-refractivity contribution in [2.75, 3.05) is 19.0 Å². The number of anilines is 1. The molecular weight excluding hydrogens is 318 g/mol. The van der Waals surface area contributed by atoms with Crippen LogP contribution in [-0.4, -0.2) is 29.4 Å². The molecule has 25 heavy (non-hydrogen) atoms. The van der Waals surface area contributed by atoms with Gasteiger partial charge in [-0.25, -0.2) is 0 Å². The van der Waals surface area contributed by atoms with Crippen molar-refractivity contribution in [2.45, 2.75) is 13.8 Å². The van der Waals surface area contributed by atoms with Crippen molar-refractivity contribution in [3.8, 4) is 11.5 Å². The maximum absolute atomic E-state index is 12.2. The summed E-state index contributed by atoms with van der Waals surface area (Å²) in [4.78, 5) is 12.2. The molecule has 0 aliphatic heterocycles. The van der Waals surface area contributed by atoms with Crippen molar-refractivity contribution < 1.29 is 14.3 Å². The Labute approximate surface area is 147 Å². The van der Waals surface area contributed by atoms with Crippen molar-refractivity contribution in [3.05, 3.63) is 53.9 Å². The van der Waals surface area contributed by atoms with E-state index < -0.39 is 0 Å². The van der Waals surface area contributed by atoms with Crippen molar-refractivity contribution in [2.24, 2.45) is 7.05 Å². The number of amides is 1. The van der Waals surface area contributed by atoms with Crippen LogP contribution in [0.4, 0.5) is 5.69 Å². The lowest BCUT2D eigenvalue weighted by Crippen LogP contribution is -2.09. The van der Waals surface area contributed by atoms with Crippen molar-refractivity contribution >= 4 is 17.7 Å². The monoisotopic (exact) mass is 341 g/mol. The predicted octanol–water partition coefficient (Wildman–Crippen LogP) is 3.26. The Morgan fingerprint density at radius 1 is 1.36 bits per heavy atom. The van der Waals surface area contributed by atoms with Crippen LogP contribution in [0.2, 0.25) is 0 Å². The van der Waals surface area contributed by atoms with E-state index >= 15 is 0 Å². The number of carbonyl (C=O) groups excluding carboxylic acids is 1. The molecule has 0 radical (unpaired) electrons. The van der Waals surface area contributed by atoms with Gasteiger partial charge in [0.1, 0.15) is 6.61 Å². The van der Waals surface area contributed by atoms with Gasteiger partial charge in [0.2, 0.25) is 5.91 Å². The van der Waals surface area contributed by atoms with Gasteiger partial charge < -0.3 is 14.8 Å². The van der Waals surface area contributed by atoms with Crippen LogP contribution in [0.3, 0.4) is 0 Å². The van der Waals surface area contributed by atoms with Crippen LogP contribution in [0.25, 0.3) is 6.08 Å². The molecule has 0 unspecified atom stereocenters. The highest BCUT2D eigenvalue weighted by Gasteiger charge is 2.11. The minimum atomic E-state index is -0.217. The van der Waals surface area contributed by atoms with Crippen LogP contribution >= 0.6 is 0 Å². The Morgan fingerprint density at radius 3 is 2.72 bits per heavy atom. The molecule has 132 valence electrons.